The molecule has 0 bridgehead atoms. The molecule has 0 amide bonds. The number of nitrogens with zero attached hydrogens (tertiary/aromatic N) is 2. The van der Waals surface area contributed by atoms with Gasteiger partial charge in [0.1, 0.15) is 0 Å². The van der Waals surface area contributed by atoms with Crippen LogP contribution in [0, 0.1) is 0 Å². The Bertz CT molecular complexity index is 1840. The second-order valence-electron chi connectivity index (χ2n) is 12.1. The van der Waals surface area contributed by atoms with E-state index in [9.17, 15) is 0 Å². The molecule has 4 aromatic rings. The average molecular weight is 569 g/mol. The summed E-state index contributed by atoms with van der Waals surface area (Å²) >= 11 is 0. The van der Waals surface area contributed by atoms with Gasteiger partial charge in [-0.25, -0.2) is 0 Å². The fraction of sp³-hybridized carbons (Fsp3) is 0.167. The fourth-order valence-corrected chi connectivity index (χ4v) is 7.40. The number of hydrogen-bond acceptors (Lipinski definition) is 2. The number of para-hydroxylation sites is 1. The summed E-state index contributed by atoms with van der Waals surface area (Å²) in [4.78, 5) is 8.13. The molecule has 8 rings (SSSR count). The standard InChI is InChI=1S/C42H36N2/c1-4-14-30(15-5-1)35-28-29-38(43-42(33-18-8-3-9-19-33)41(35)32-16-6-2-7-17-32)31-24-26-34(27-25-31)44-39-22-12-10-20-36(39)37-21-11-13-23-40(37)44/h2-4,6-28,36,38-39,41H,1,5,29H2. The van der Waals surface area contributed by atoms with Crippen LogP contribution in [-0.2, 0) is 0 Å². The van der Waals surface area contributed by atoms with Gasteiger partial charge < -0.3 is 4.90 Å². The summed E-state index contributed by atoms with van der Waals surface area (Å²) in [5, 5.41) is 0. The lowest BCUT2D eigenvalue weighted by molar-refractivity contribution is 0.738. The van der Waals surface area contributed by atoms with Crippen LogP contribution in [0.4, 0.5) is 11.4 Å². The molecule has 0 spiro atoms. The lowest BCUT2D eigenvalue weighted by atomic mass is 9.79. The third-order valence-corrected chi connectivity index (χ3v) is 9.49. The minimum Gasteiger partial charge on any atom is -0.333 e. The average Bonchev–Trinajstić information content (AvgIpc) is 3.30. The smallest absolute Gasteiger partial charge is 0.0787 e. The summed E-state index contributed by atoms with van der Waals surface area (Å²) < 4.78 is 0. The van der Waals surface area contributed by atoms with Crippen molar-refractivity contribution in [3.05, 3.63) is 191 Å². The third kappa shape index (κ3) is 4.81. The second kappa shape index (κ2) is 11.6. The first-order valence-corrected chi connectivity index (χ1v) is 15.9. The zero-order chi connectivity index (χ0) is 29.3. The molecule has 4 aromatic carbocycles. The van der Waals surface area contributed by atoms with E-state index >= 15 is 0 Å². The van der Waals surface area contributed by atoms with E-state index in [4.69, 9.17) is 4.99 Å². The highest BCUT2D eigenvalue weighted by Crippen LogP contribution is 2.48. The predicted molar refractivity (Wildman–Crippen MR) is 184 cm³/mol. The SMILES string of the molecule is C1=CC2c3ccccc3N(c3ccc(C4CC=C(C5=CCCC=C5)C(c5ccccc5)C(c5ccccc5)=N4)cc3)C2C=C1. The van der Waals surface area contributed by atoms with E-state index in [0.29, 0.717) is 12.0 Å². The molecule has 2 nitrogen and oxygen atoms in total. The second-order valence-corrected chi connectivity index (χ2v) is 12.1. The number of aliphatic imine (C=N–C) groups is 1. The van der Waals surface area contributed by atoms with Crippen LogP contribution in [0.5, 0.6) is 0 Å². The summed E-state index contributed by atoms with van der Waals surface area (Å²) in [6.45, 7) is 0. The predicted octanol–water partition coefficient (Wildman–Crippen LogP) is 10.3. The Kier molecular flexibility index (Phi) is 7.04. The summed E-state index contributed by atoms with van der Waals surface area (Å²) in [5.74, 6) is 0.457. The number of fused-ring (bicyclic) bond motifs is 3. The lowest BCUT2D eigenvalue weighted by Crippen LogP contribution is -2.28. The Morgan fingerprint density at radius 1 is 0.659 bits per heavy atom. The highest BCUT2D eigenvalue weighted by Gasteiger charge is 2.37. The molecule has 4 atom stereocenters. The van der Waals surface area contributed by atoms with Gasteiger partial charge in [0.05, 0.1) is 23.7 Å². The third-order valence-electron chi connectivity index (χ3n) is 9.49. The Labute approximate surface area is 260 Å². The van der Waals surface area contributed by atoms with E-state index < -0.39 is 0 Å². The van der Waals surface area contributed by atoms with Crippen molar-refractivity contribution in [1.82, 2.24) is 0 Å². The van der Waals surface area contributed by atoms with E-state index in [-0.39, 0.29) is 12.0 Å². The molecule has 0 N–H and O–H groups in total. The number of anilines is 2. The van der Waals surface area contributed by atoms with Crippen molar-refractivity contribution in [1.29, 1.82) is 0 Å². The molecule has 0 radical (unpaired) electrons. The van der Waals surface area contributed by atoms with E-state index in [1.54, 1.807) is 0 Å². The summed E-state index contributed by atoms with van der Waals surface area (Å²) in [7, 11) is 0. The van der Waals surface area contributed by atoms with Gasteiger partial charge in [0.25, 0.3) is 0 Å². The molecule has 2 heterocycles. The van der Waals surface area contributed by atoms with E-state index in [1.165, 1.54) is 44.8 Å². The van der Waals surface area contributed by atoms with E-state index in [2.05, 4.69) is 163 Å². The number of benzene rings is 4. The molecular formula is C42H36N2. The van der Waals surface area contributed by atoms with Crippen LogP contribution >= 0.6 is 0 Å². The lowest BCUT2D eigenvalue weighted by Gasteiger charge is -2.29. The molecule has 0 saturated heterocycles. The molecular weight excluding hydrogens is 532 g/mol. The Morgan fingerprint density at radius 2 is 1.41 bits per heavy atom. The van der Waals surface area contributed by atoms with Crippen molar-refractivity contribution in [3.63, 3.8) is 0 Å². The molecule has 0 aromatic heterocycles. The highest BCUT2D eigenvalue weighted by molar-refractivity contribution is 6.08. The van der Waals surface area contributed by atoms with Gasteiger partial charge in [0.2, 0.25) is 0 Å². The molecule has 4 unspecified atom stereocenters. The molecule has 2 heteroatoms. The molecule has 4 aliphatic rings. The van der Waals surface area contributed by atoms with Gasteiger partial charge in [-0.15, -0.1) is 0 Å². The Hall–Kier alpha value is -4.95. The van der Waals surface area contributed by atoms with Crippen LogP contribution in [0.2, 0.25) is 0 Å². The van der Waals surface area contributed by atoms with Crippen LogP contribution in [-0.4, -0.2) is 11.8 Å². The van der Waals surface area contributed by atoms with E-state index in [1.807, 2.05) is 0 Å². The fourth-order valence-electron chi connectivity index (χ4n) is 7.40. The number of rotatable bonds is 5. The van der Waals surface area contributed by atoms with Crippen LogP contribution in [0.25, 0.3) is 0 Å². The summed E-state index contributed by atoms with van der Waals surface area (Å²) in [6, 6.07) is 40.1. The van der Waals surface area contributed by atoms with Crippen LogP contribution in [0.15, 0.2) is 174 Å². The largest absolute Gasteiger partial charge is 0.333 e. The minimum atomic E-state index is 0.0345. The van der Waals surface area contributed by atoms with Gasteiger partial charge in [-0.3, -0.25) is 4.99 Å². The van der Waals surface area contributed by atoms with Gasteiger partial charge in [-0.2, -0.15) is 0 Å². The molecule has 44 heavy (non-hydrogen) atoms. The van der Waals surface area contributed by atoms with Crippen LogP contribution < -0.4 is 4.90 Å². The zero-order valence-electron chi connectivity index (χ0n) is 24.8. The van der Waals surface area contributed by atoms with Crippen molar-refractivity contribution in [2.75, 3.05) is 4.90 Å². The molecule has 0 saturated carbocycles. The quantitative estimate of drug-likeness (QED) is 0.234. The van der Waals surface area contributed by atoms with Gasteiger partial charge in [0, 0.05) is 17.3 Å². The van der Waals surface area contributed by atoms with Crippen LogP contribution in [0.1, 0.15) is 59.4 Å². The van der Waals surface area contributed by atoms with Gasteiger partial charge >= 0.3 is 0 Å². The van der Waals surface area contributed by atoms with Gasteiger partial charge in [0.15, 0.2) is 0 Å². The Morgan fingerprint density at radius 3 is 2.20 bits per heavy atom. The number of allylic oxidation sites excluding steroid dienone is 7. The first-order valence-electron chi connectivity index (χ1n) is 15.9. The van der Waals surface area contributed by atoms with Gasteiger partial charge in [-0.05, 0) is 70.9 Å². The molecule has 214 valence electrons. The van der Waals surface area contributed by atoms with Crippen molar-refractivity contribution >= 4 is 17.1 Å². The summed E-state index contributed by atoms with van der Waals surface area (Å²) in [5.41, 5.74) is 11.5. The van der Waals surface area contributed by atoms with Crippen LogP contribution in [0.3, 0.4) is 0 Å². The molecule has 2 aliphatic carbocycles. The maximum Gasteiger partial charge on any atom is 0.0787 e. The van der Waals surface area contributed by atoms with Crippen molar-refractivity contribution < 1.29 is 0 Å². The maximum atomic E-state index is 5.63. The molecule has 0 fully saturated rings. The summed E-state index contributed by atoms with van der Waals surface area (Å²) in [6.07, 6.45) is 21.6. The van der Waals surface area contributed by atoms with Crippen molar-refractivity contribution in [2.45, 2.75) is 43.2 Å². The number of hydrogen-bond donors (Lipinski definition) is 0. The zero-order valence-corrected chi connectivity index (χ0v) is 24.8. The van der Waals surface area contributed by atoms with Crippen molar-refractivity contribution in [3.8, 4) is 0 Å². The monoisotopic (exact) mass is 568 g/mol. The first kappa shape index (κ1) is 26.7. The normalized spacial score (nSPS) is 23.7. The topological polar surface area (TPSA) is 15.6 Å². The molecule has 2 aliphatic heterocycles. The minimum absolute atomic E-state index is 0.0345. The van der Waals surface area contributed by atoms with E-state index in [0.717, 1.165) is 25.0 Å². The van der Waals surface area contributed by atoms with Crippen molar-refractivity contribution in [2.24, 2.45) is 4.99 Å². The maximum absolute atomic E-state index is 5.63. The van der Waals surface area contributed by atoms with Gasteiger partial charge in [-0.1, -0.05) is 140 Å². The Balaban J connectivity index is 1.21. The first-order chi connectivity index (χ1) is 21.8. The highest BCUT2D eigenvalue weighted by atomic mass is 15.2.